The van der Waals surface area contributed by atoms with Gasteiger partial charge in [-0.2, -0.15) is 0 Å². The van der Waals surface area contributed by atoms with E-state index in [0.29, 0.717) is 10.8 Å². The third kappa shape index (κ3) is 2.13. The molecule has 0 saturated carbocycles. The average molecular weight is 274 g/mol. The first-order chi connectivity index (χ1) is 9.25. The molecule has 0 saturated heterocycles. The predicted octanol–water partition coefficient (Wildman–Crippen LogP) is 2.58. The van der Waals surface area contributed by atoms with E-state index in [2.05, 4.69) is 25.4 Å². The van der Waals surface area contributed by atoms with Crippen molar-refractivity contribution in [3.05, 3.63) is 40.3 Å². The van der Waals surface area contributed by atoms with Gasteiger partial charge in [-0.15, -0.1) is 21.6 Å². The van der Waals surface area contributed by atoms with Gasteiger partial charge in [-0.25, -0.2) is 4.98 Å². The van der Waals surface area contributed by atoms with Crippen LogP contribution in [-0.2, 0) is 7.05 Å². The number of rotatable bonds is 3. The Morgan fingerprint density at radius 3 is 2.95 bits per heavy atom. The van der Waals surface area contributed by atoms with Crippen molar-refractivity contribution in [2.45, 2.75) is 0 Å². The number of thiazole rings is 1. The molecule has 7 nitrogen and oxygen atoms in total. The van der Waals surface area contributed by atoms with Crippen molar-refractivity contribution in [3.8, 4) is 11.4 Å². The maximum Gasteiger partial charge on any atom is 0.292 e. The Kier molecular flexibility index (Phi) is 2.84. The molecule has 0 amide bonds. The highest BCUT2D eigenvalue weighted by Crippen LogP contribution is 2.26. The summed E-state index contributed by atoms with van der Waals surface area (Å²) in [6.07, 6.45) is 3.53. The summed E-state index contributed by atoms with van der Waals surface area (Å²) in [4.78, 5) is 15.7. The number of H-pyrrole nitrogens is 2. The number of aromatic amines is 2. The molecule has 0 unspecified atom stereocenters. The van der Waals surface area contributed by atoms with Crippen molar-refractivity contribution in [3.63, 3.8) is 0 Å². The van der Waals surface area contributed by atoms with Crippen LogP contribution in [0.3, 0.4) is 0 Å². The van der Waals surface area contributed by atoms with Crippen LogP contribution in [0.25, 0.3) is 11.4 Å². The van der Waals surface area contributed by atoms with E-state index in [1.165, 1.54) is 11.3 Å². The fourth-order valence-electron chi connectivity index (χ4n) is 1.71. The minimum Gasteiger partial charge on any atom is -0.349 e. The first-order valence-corrected chi connectivity index (χ1v) is 6.37. The van der Waals surface area contributed by atoms with Crippen molar-refractivity contribution in [2.24, 2.45) is 17.3 Å². The summed E-state index contributed by atoms with van der Waals surface area (Å²) in [6.45, 7) is 0. The third-order valence-electron chi connectivity index (χ3n) is 2.61. The summed E-state index contributed by atoms with van der Waals surface area (Å²) >= 11 is 1.36. The summed E-state index contributed by atoms with van der Waals surface area (Å²) in [5.74, 6) is 0. The zero-order chi connectivity index (χ0) is 13.2. The highest BCUT2D eigenvalue weighted by molar-refractivity contribution is 7.13. The molecule has 3 rings (SSSR count). The first-order valence-electron chi connectivity index (χ1n) is 5.49. The van der Waals surface area contributed by atoms with Crippen LogP contribution in [0.4, 0.5) is 10.8 Å². The molecule has 0 atom stereocenters. The normalized spacial score (nSPS) is 11.4. The average Bonchev–Trinajstić information content (AvgIpc) is 3.09. The molecule has 0 fully saturated rings. The molecule has 0 aliphatic rings. The quantitative estimate of drug-likeness (QED) is 0.718. The lowest BCUT2D eigenvalue weighted by molar-refractivity contribution is 0.925. The van der Waals surface area contributed by atoms with Gasteiger partial charge in [-0.1, -0.05) is 0 Å². The maximum atomic E-state index is 11.7. The lowest BCUT2D eigenvalue weighted by atomic mass is 10.3. The van der Waals surface area contributed by atoms with Crippen LogP contribution in [-0.4, -0.2) is 19.7 Å². The van der Waals surface area contributed by atoms with E-state index in [1.807, 2.05) is 29.9 Å². The van der Waals surface area contributed by atoms with E-state index in [-0.39, 0.29) is 11.2 Å². The van der Waals surface area contributed by atoms with Gasteiger partial charge in [0.15, 0.2) is 5.69 Å². The van der Waals surface area contributed by atoms with Crippen molar-refractivity contribution >= 4 is 22.2 Å². The van der Waals surface area contributed by atoms with Crippen LogP contribution in [0, 0.1) is 0 Å². The Hall–Kier alpha value is -2.48. The van der Waals surface area contributed by atoms with E-state index < -0.39 is 0 Å². The van der Waals surface area contributed by atoms with Crippen LogP contribution in [0.15, 0.2) is 44.9 Å². The molecule has 3 heterocycles. The van der Waals surface area contributed by atoms with Gasteiger partial charge in [0.05, 0.1) is 5.69 Å². The largest absolute Gasteiger partial charge is 0.349 e. The molecule has 0 radical (unpaired) electrons. The van der Waals surface area contributed by atoms with Gasteiger partial charge >= 0.3 is 0 Å². The fraction of sp³-hybridized carbons (Fsp3) is 0.0909. The SMILES string of the molecule is Cn1cccc1-c1[nH][nH]c(=O)c1N=Nc1nccs1. The van der Waals surface area contributed by atoms with Crippen LogP contribution in [0.2, 0.25) is 0 Å². The van der Waals surface area contributed by atoms with Gasteiger partial charge in [0, 0.05) is 24.8 Å². The van der Waals surface area contributed by atoms with E-state index in [9.17, 15) is 4.79 Å². The number of hydrogen-bond acceptors (Lipinski definition) is 5. The standard InChI is InChI=1S/C11H10N6OS/c1-17-5-2-3-7(17)8-9(10(18)15-13-8)14-16-11-12-4-6-19-11/h2-6H,1H3,(H2,13,15,18). The molecular formula is C11H10N6OS. The molecule has 19 heavy (non-hydrogen) atoms. The molecule has 3 aromatic heterocycles. The molecule has 0 aliphatic heterocycles. The second kappa shape index (κ2) is 4.65. The number of azo groups is 1. The Morgan fingerprint density at radius 2 is 2.26 bits per heavy atom. The monoisotopic (exact) mass is 274 g/mol. The van der Waals surface area contributed by atoms with Gasteiger partial charge in [-0.3, -0.25) is 15.0 Å². The Balaban J connectivity index is 2.05. The van der Waals surface area contributed by atoms with Crippen LogP contribution >= 0.6 is 11.3 Å². The number of hydrogen-bond donors (Lipinski definition) is 2. The second-order valence-electron chi connectivity index (χ2n) is 3.82. The van der Waals surface area contributed by atoms with Gasteiger partial charge in [0.1, 0.15) is 5.69 Å². The van der Waals surface area contributed by atoms with E-state index in [4.69, 9.17) is 0 Å². The lowest BCUT2D eigenvalue weighted by Crippen LogP contribution is -1.96. The fourth-order valence-corrected chi connectivity index (χ4v) is 2.16. The van der Waals surface area contributed by atoms with Crippen LogP contribution < -0.4 is 5.56 Å². The second-order valence-corrected chi connectivity index (χ2v) is 4.69. The van der Waals surface area contributed by atoms with Crippen molar-refractivity contribution in [1.82, 2.24) is 19.7 Å². The Morgan fingerprint density at radius 1 is 1.37 bits per heavy atom. The zero-order valence-electron chi connectivity index (χ0n) is 9.99. The van der Waals surface area contributed by atoms with Crippen molar-refractivity contribution in [2.75, 3.05) is 0 Å². The Labute approximate surface area is 111 Å². The van der Waals surface area contributed by atoms with Crippen molar-refractivity contribution in [1.29, 1.82) is 0 Å². The van der Waals surface area contributed by atoms with Gasteiger partial charge in [-0.05, 0) is 12.1 Å². The minimum atomic E-state index is -0.309. The molecule has 8 heteroatoms. The molecule has 96 valence electrons. The molecule has 3 aromatic rings. The lowest BCUT2D eigenvalue weighted by Gasteiger charge is -1.99. The number of aryl methyl sites for hydroxylation is 1. The number of nitrogens with zero attached hydrogens (tertiary/aromatic N) is 4. The molecule has 2 N–H and O–H groups in total. The summed E-state index contributed by atoms with van der Waals surface area (Å²) in [5, 5.41) is 15.6. The Bertz CT molecular complexity index is 763. The number of nitrogens with one attached hydrogen (secondary N) is 2. The molecule has 0 aliphatic carbocycles. The van der Waals surface area contributed by atoms with Gasteiger partial charge in [0.25, 0.3) is 5.56 Å². The molecular weight excluding hydrogens is 264 g/mol. The summed E-state index contributed by atoms with van der Waals surface area (Å²) < 4.78 is 1.89. The molecule has 0 aromatic carbocycles. The predicted molar refractivity (Wildman–Crippen MR) is 72.1 cm³/mol. The highest BCUT2D eigenvalue weighted by atomic mass is 32.1. The first kappa shape index (κ1) is 11.6. The third-order valence-corrected chi connectivity index (χ3v) is 3.26. The molecule has 0 spiro atoms. The molecule has 0 bridgehead atoms. The zero-order valence-corrected chi connectivity index (χ0v) is 10.8. The van der Waals surface area contributed by atoms with Crippen LogP contribution in [0.5, 0.6) is 0 Å². The topological polar surface area (TPSA) is 91.2 Å². The highest BCUT2D eigenvalue weighted by Gasteiger charge is 2.13. The van der Waals surface area contributed by atoms with Gasteiger partial charge < -0.3 is 4.57 Å². The van der Waals surface area contributed by atoms with E-state index >= 15 is 0 Å². The van der Waals surface area contributed by atoms with E-state index in [1.54, 1.807) is 11.6 Å². The van der Waals surface area contributed by atoms with Crippen molar-refractivity contribution < 1.29 is 0 Å². The smallest absolute Gasteiger partial charge is 0.292 e. The number of aromatic nitrogens is 4. The summed E-state index contributed by atoms with van der Waals surface area (Å²) in [5.41, 5.74) is 1.40. The van der Waals surface area contributed by atoms with Crippen LogP contribution in [0.1, 0.15) is 0 Å². The van der Waals surface area contributed by atoms with E-state index in [0.717, 1.165) is 5.69 Å². The maximum absolute atomic E-state index is 11.7. The summed E-state index contributed by atoms with van der Waals surface area (Å²) in [6, 6.07) is 3.78. The summed E-state index contributed by atoms with van der Waals surface area (Å²) in [7, 11) is 1.89. The van der Waals surface area contributed by atoms with Gasteiger partial charge in [0.2, 0.25) is 5.13 Å². The minimum absolute atomic E-state index is 0.247.